The van der Waals surface area contributed by atoms with Gasteiger partial charge in [-0.15, -0.1) is 0 Å². The summed E-state index contributed by atoms with van der Waals surface area (Å²) in [5.41, 5.74) is 1.23. The average molecular weight is 649 g/mol. The molecule has 0 unspecified atom stereocenters. The van der Waals surface area contributed by atoms with Gasteiger partial charge in [-0.1, -0.05) is 71.7 Å². The molecule has 11 heteroatoms. The van der Waals surface area contributed by atoms with Gasteiger partial charge in [0.2, 0.25) is 21.8 Å². The van der Waals surface area contributed by atoms with Crippen LogP contribution in [0.3, 0.4) is 0 Å². The van der Waals surface area contributed by atoms with Gasteiger partial charge in [-0.2, -0.15) is 0 Å². The summed E-state index contributed by atoms with van der Waals surface area (Å²) in [5.74, 6) is -0.259. The Kier molecular flexibility index (Phi) is 11.9. The number of halogens is 2. The van der Waals surface area contributed by atoms with Crippen molar-refractivity contribution in [2.75, 3.05) is 24.2 Å². The smallest absolute Gasteiger partial charge is 0.243 e. The van der Waals surface area contributed by atoms with Crippen molar-refractivity contribution in [3.8, 4) is 5.75 Å². The molecule has 0 heterocycles. The number of ether oxygens (including phenoxy) is 1. The van der Waals surface area contributed by atoms with Gasteiger partial charge in [0.15, 0.2) is 0 Å². The number of carbonyl (C=O) groups is 2. The standard InChI is InChI=1S/C32H39Cl2N3O5S/c1-32(2,3)35-31(39)28(21-23-13-7-6-8-14-23)36(22-24-25(33)15-11-16-26(24)34)30(38)19-12-20-37(43(5,40)41)27-17-9-10-18-29(27)42-4/h6-11,13-18,28H,12,19-22H2,1-5H3,(H,35,39)/t28-/m0/s1. The first kappa shape index (κ1) is 34.2. The summed E-state index contributed by atoms with van der Waals surface area (Å²) in [6, 6.07) is 20.4. The number of anilines is 1. The van der Waals surface area contributed by atoms with E-state index in [0.29, 0.717) is 27.0 Å². The lowest BCUT2D eigenvalue weighted by Crippen LogP contribution is -2.54. The molecule has 1 N–H and O–H groups in total. The summed E-state index contributed by atoms with van der Waals surface area (Å²) in [5, 5.41) is 3.77. The molecule has 0 aromatic heterocycles. The Morgan fingerprint density at radius 2 is 1.53 bits per heavy atom. The third-order valence-corrected chi connectivity index (χ3v) is 8.55. The van der Waals surface area contributed by atoms with E-state index in [1.54, 1.807) is 42.5 Å². The number of nitrogens with zero attached hydrogens (tertiary/aromatic N) is 2. The molecule has 8 nitrogen and oxygen atoms in total. The molecule has 0 bridgehead atoms. The molecule has 3 rings (SSSR count). The van der Waals surface area contributed by atoms with Crippen molar-refractivity contribution >= 4 is 50.7 Å². The Balaban J connectivity index is 1.96. The Morgan fingerprint density at radius 1 is 0.930 bits per heavy atom. The van der Waals surface area contributed by atoms with Crippen LogP contribution in [-0.4, -0.2) is 56.6 Å². The molecule has 0 spiro atoms. The Bertz CT molecular complexity index is 1490. The fraction of sp³-hybridized carbons (Fsp3) is 0.375. The maximum atomic E-state index is 14.0. The van der Waals surface area contributed by atoms with E-state index in [9.17, 15) is 18.0 Å². The van der Waals surface area contributed by atoms with Gasteiger partial charge in [-0.3, -0.25) is 13.9 Å². The number of para-hydroxylation sites is 2. The quantitative estimate of drug-likeness (QED) is 0.242. The second kappa shape index (κ2) is 14.9. The van der Waals surface area contributed by atoms with Gasteiger partial charge in [-0.05, 0) is 57.0 Å². The Morgan fingerprint density at radius 3 is 2.12 bits per heavy atom. The lowest BCUT2D eigenvalue weighted by atomic mass is 10.00. The van der Waals surface area contributed by atoms with E-state index in [0.717, 1.165) is 11.8 Å². The molecule has 232 valence electrons. The van der Waals surface area contributed by atoms with Crippen molar-refractivity contribution < 1.29 is 22.7 Å². The molecule has 0 aliphatic rings. The van der Waals surface area contributed by atoms with Crippen LogP contribution in [0.1, 0.15) is 44.7 Å². The molecular formula is C32H39Cl2N3O5S. The van der Waals surface area contributed by atoms with Crippen LogP contribution in [0.2, 0.25) is 10.0 Å². The highest BCUT2D eigenvalue weighted by atomic mass is 35.5. The molecule has 0 aliphatic heterocycles. The fourth-order valence-electron chi connectivity index (χ4n) is 4.68. The predicted molar refractivity (Wildman–Crippen MR) is 173 cm³/mol. The van der Waals surface area contributed by atoms with E-state index in [-0.39, 0.29) is 44.2 Å². The van der Waals surface area contributed by atoms with Gasteiger partial charge in [0.25, 0.3) is 0 Å². The monoisotopic (exact) mass is 647 g/mol. The van der Waals surface area contributed by atoms with Gasteiger partial charge in [0, 0.05) is 47.1 Å². The maximum absolute atomic E-state index is 14.0. The second-order valence-electron chi connectivity index (χ2n) is 11.3. The van der Waals surface area contributed by atoms with Crippen LogP contribution in [0.5, 0.6) is 5.75 Å². The number of hydrogen-bond donors (Lipinski definition) is 1. The lowest BCUT2D eigenvalue weighted by molar-refractivity contribution is -0.142. The normalized spacial score (nSPS) is 12.3. The minimum atomic E-state index is -3.69. The molecule has 1 atom stereocenters. The SMILES string of the molecule is COc1ccccc1N(CCCC(=O)N(Cc1c(Cl)cccc1Cl)[C@@H](Cc1ccccc1)C(=O)NC(C)(C)C)S(C)(=O)=O. The minimum Gasteiger partial charge on any atom is -0.495 e. The number of rotatable bonds is 13. The molecule has 2 amide bonds. The van der Waals surface area contributed by atoms with Crippen LogP contribution in [0.25, 0.3) is 0 Å². The summed E-state index contributed by atoms with van der Waals surface area (Å²) in [6.07, 6.45) is 1.53. The lowest BCUT2D eigenvalue weighted by Gasteiger charge is -2.34. The molecule has 3 aromatic rings. The fourth-order valence-corrected chi connectivity index (χ4v) is 6.16. The summed E-state index contributed by atoms with van der Waals surface area (Å²) in [6.45, 7) is 5.65. The van der Waals surface area contributed by atoms with E-state index in [2.05, 4.69) is 5.32 Å². The van der Waals surface area contributed by atoms with E-state index in [1.807, 2.05) is 51.1 Å². The third kappa shape index (κ3) is 9.88. The summed E-state index contributed by atoms with van der Waals surface area (Å²) < 4.78 is 32.1. The van der Waals surface area contributed by atoms with Crippen LogP contribution in [0.4, 0.5) is 5.69 Å². The molecule has 0 saturated heterocycles. The molecule has 3 aromatic carbocycles. The second-order valence-corrected chi connectivity index (χ2v) is 14.0. The largest absolute Gasteiger partial charge is 0.495 e. The zero-order valence-corrected chi connectivity index (χ0v) is 27.5. The maximum Gasteiger partial charge on any atom is 0.243 e. The van der Waals surface area contributed by atoms with Crippen molar-refractivity contribution in [1.82, 2.24) is 10.2 Å². The summed E-state index contributed by atoms with van der Waals surface area (Å²) >= 11 is 13.0. The van der Waals surface area contributed by atoms with Crippen molar-refractivity contribution in [3.63, 3.8) is 0 Å². The van der Waals surface area contributed by atoms with E-state index in [1.165, 1.54) is 16.3 Å². The van der Waals surface area contributed by atoms with Crippen LogP contribution in [-0.2, 0) is 32.6 Å². The van der Waals surface area contributed by atoms with Crippen molar-refractivity contribution in [2.45, 2.75) is 58.2 Å². The van der Waals surface area contributed by atoms with E-state index >= 15 is 0 Å². The molecule has 43 heavy (non-hydrogen) atoms. The topological polar surface area (TPSA) is 96.0 Å². The minimum absolute atomic E-state index is 0.00526. The van der Waals surface area contributed by atoms with Gasteiger partial charge in [-0.25, -0.2) is 8.42 Å². The number of benzene rings is 3. The first-order valence-corrected chi connectivity index (χ1v) is 16.5. The highest BCUT2D eigenvalue weighted by Crippen LogP contribution is 2.31. The van der Waals surface area contributed by atoms with Gasteiger partial charge in [0.05, 0.1) is 19.1 Å². The van der Waals surface area contributed by atoms with Crippen LogP contribution < -0.4 is 14.4 Å². The number of nitrogens with one attached hydrogen (secondary N) is 1. The number of amides is 2. The molecule has 0 saturated carbocycles. The summed E-state index contributed by atoms with van der Waals surface area (Å²) in [7, 11) is -2.22. The van der Waals surface area contributed by atoms with E-state index < -0.39 is 21.6 Å². The molecule has 0 radical (unpaired) electrons. The number of carbonyl (C=O) groups excluding carboxylic acids is 2. The van der Waals surface area contributed by atoms with Gasteiger partial charge in [0.1, 0.15) is 11.8 Å². The molecular weight excluding hydrogens is 609 g/mol. The van der Waals surface area contributed by atoms with E-state index in [4.69, 9.17) is 27.9 Å². The first-order chi connectivity index (χ1) is 20.2. The summed E-state index contributed by atoms with van der Waals surface area (Å²) in [4.78, 5) is 29.3. The highest BCUT2D eigenvalue weighted by Gasteiger charge is 2.33. The molecule has 0 fully saturated rings. The average Bonchev–Trinajstić information content (AvgIpc) is 2.93. The number of methoxy groups -OCH3 is 1. The van der Waals surface area contributed by atoms with Crippen molar-refractivity contribution in [1.29, 1.82) is 0 Å². The number of hydrogen-bond acceptors (Lipinski definition) is 5. The van der Waals surface area contributed by atoms with Gasteiger partial charge >= 0.3 is 0 Å². The first-order valence-electron chi connectivity index (χ1n) is 13.9. The third-order valence-electron chi connectivity index (χ3n) is 6.67. The van der Waals surface area contributed by atoms with Crippen molar-refractivity contribution in [3.05, 3.63) is 94.0 Å². The molecule has 0 aliphatic carbocycles. The van der Waals surface area contributed by atoms with Crippen LogP contribution in [0, 0.1) is 0 Å². The Hall–Kier alpha value is -3.27. The zero-order valence-electron chi connectivity index (χ0n) is 25.1. The van der Waals surface area contributed by atoms with Crippen LogP contribution in [0.15, 0.2) is 72.8 Å². The van der Waals surface area contributed by atoms with Crippen molar-refractivity contribution in [2.24, 2.45) is 0 Å². The van der Waals surface area contributed by atoms with Crippen LogP contribution >= 0.6 is 23.2 Å². The zero-order chi connectivity index (χ0) is 31.8. The Labute approximate surface area is 265 Å². The highest BCUT2D eigenvalue weighted by molar-refractivity contribution is 7.92. The van der Waals surface area contributed by atoms with Gasteiger partial charge < -0.3 is 15.0 Å². The predicted octanol–water partition coefficient (Wildman–Crippen LogP) is 6.10. The number of sulfonamides is 1.